The van der Waals surface area contributed by atoms with E-state index in [2.05, 4.69) is 9.97 Å². The number of hydrogen-bond acceptors (Lipinski definition) is 3. The van der Waals surface area contributed by atoms with Crippen molar-refractivity contribution in [2.45, 2.75) is 6.42 Å². The molecule has 0 saturated heterocycles. The third-order valence-electron chi connectivity index (χ3n) is 1.36. The Morgan fingerprint density at radius 3 is 3.40 bits per heavy atom. The van der Waals surface area contributed by atoms with Gasteiger partial charge in [0.2, 0.25) is 5.88 Å². The van der Waals surface area contributed by atoms with Crippen molar-refractivity contribution < 1.29 is 4.74 Å². The first-order valence-electron chi connectivity index (χ1n) is 3.07. The average Bonchev–Trinajstić information content (AvgIpc) is 2.05. The van der Waals surface area contributed by atoms with Crippen molar-refractivity contribution in [1.29, 1.82) is 0 Å². The normalized spacial score (nSPS) is 14.0. The molecule has 0 unspecified atom stereocenters. The average molecular weight is 134 g/mol. The van der Waals surface area contributed by atoms with E-state index in [0.29, 0.717) is 5.88 Å². The third kappa shape index (κ3) is 0.757. The van der Waals surface area contributed by atoms with Crippen LogP contribution in [0.15, 0.2) is 24.9 Å². The highest BCUT2D eigenvalue weighted by Gasteiger charge is 2.05. The molecule has 0 fully saturated rings. The first-order valence-corrected chi connectivity index (χ1v) is 3.07. The summed E-state index contributed by atoms with van der Waals surface area (Å²) in [5, 5.41) is 0. The Kier molecular flexibility index (Phi) is 1.13. The Balaban J connectivity index is 2.47. The molecule has 1 aliphatic heterocycles. The van der Waals surface area contributed by atoms with Gasteiger partial charge in [-0.05, 0) is 6.08 Å². The maximum Gasteiger partial charge on any atom is 0.224 e. The summed E-state index contributed by atoms with van der Waals surface area (Å²) in [5.74, 6) is 0.678. The number of rotatable bonds is 0. The molecule has 0 spiro atoms. The van der Waals surface area contributed by atoms with Crippen molar-refractivity contribution in [3.8, 4) is 5.88 Å². The molecule has 1 aliphatic rings. The lowest BCUT2D eigenvalue weighted by Crippen LogP contribution is -1.98. The minimum absolute atomic E-state index is 0.678. The molecule has 0 aliphatic carbocycles. The molecular weight excluding hydrogens is 128 g/mol. The van der Waals surface area contributed by atoms with Gasteiger partial charge in [0.1, 0.15) is 6.33 Å². The summed E-state index contributed by atoms with van der Waals surface area (Å²) in [7, 11) is 0. The second kappa shape index (κ2) is 2.10. The fourth-order valence-corrected chi connectivity index (χ4v) is 0.881. The molecule has 0 radical (unpaired) electrons. The van der Waals surface area contributed by atoms with Crippen LogP contribution in [0.1, 0.15) is 5.56 Å². The van der Waals surface area contributed by atoms with Gasteiger partial charge in [-0.25, -0.2) is 9.97 Å². The molecule has 0 amide bonds. The van der Waals surface area contributed by atoms with E-state index in [-0.39, 0.29) is 0 Å². The van der Waals surface area contributed by atoms with Gasteiger partial charge in [-0.15, -0.1) is 0 Å². The monoisotopic (exact) mass is 134 g/mol. The summed E-state index contributed by atoms with van der Waals surface area (Å²) in [6, 6.07) is 0. The molecular formula is C7H6N2O. The molecule has 0 atom stereocenters. The number of fused-ring (bicyclic) bond motifs is 1. The Hall–Kier alpha value is -1.38. The van der Waals surface area contributed by atoms with Crippen LogP contribution in [-0.4, -0.2) is 9.97 Å². The highest BCUT2D eigenvalue weighted by Crippen LogP contribution is 2.17. The van der Waals surface area contributed by atoms with Gasteiger partial charge in [-0.3, -0.25) is 0 Å². The van der Waals surface area contributed by atoms with Crippen molar-refractivity contribution in [1.82, 2.24) is 9.97 Å². The fraction of sp³-hybridized carbons (Fsp3) is 0.143. The van der Waals surface area contributed by atoms with Crippen LogP contribution >= 0.6 is 0 Å². The molecule has 0 bridgehead atoms. The lowest BCUT2D eigenvalue weighted by Gasteiger charge is -2.07. The first-order chi connectivity index (χ1) is 4.97. The zero-order valence-electron chi connectivity index (χ0n) is 5.32. The van der Waals surface area contributed by atoms with Crippen molar-refractivity contribution in [2.24, 2.45) is 0 Å². The van der Waals surface area contributed by atoms with Crippen LogP contribution < -0.4 is 4.74 Å². The zero-order valence-corrected chi connectivity index (χ0v) is 5.32. The summed E-state index contributed by atoms with van der Waals surface area (Å²) in [6.45, 7) is 0. The van der Waals surface area contributed by atoms with E-state index in [0.717, 1.165) is 12.0 Å². The van der Waals surface area contributed by atoms with Crippen molar-refractivity contribution in [3.63, 3.8) is 0 Å². The first kappa shape index (κ1) is 5.41. The van der Waals surface area contributed by atoms with Crippen LogP contribution in [0.4, 0.5) is 0 Å². The van der Waals surface area contributed by atoms with Crippen LogP contribution in [0.3, 0.4) is 0 Å². The minimum Gasteiger partial charge on any atom is -0.447 e. The molecule has 2 heterocycles. The van der Waals surface area contributed by atoms with Gasteiger partial charge in [0.15, 0.2) is 0 Å². The van der Waals surface area contributed by atoms with E-state index < -0.39 is 0 Å². The summed E-state index contributed by atoms with van der Waals surface area (Å²) >= 11 is 0. The number of ether oxygens (including phenoxy) is 1. The van der Waals surface area contributed by atoms with Gasteiger partial charge in [0.25, 0.3) is 0 Å². The molecule has 10 heavy (non-hydrogen) atoms. The van der Waals surface area contributed by atoms with Gasteiger partial charge in [0, 0.05) is 18.2 Å². The van der Waals surface area contributed by atoms with E-state index in [1.807, 2.05) is 6.08 Å². The smallest absolute Gasteiger partial charge is 0.224 e. The minimum atomic E-state index is 0.678. The lowest BCUT2D eigenvalue weighted by atomic mass is 10.2. The molecule has 1 aromatic heterocycles. The summed E-state index contributed by atoms with van der Waals surface area (Å²) in [6.07, 6.45) is 7.71. The van der Waals surface area contributed by atoms with Crippen LogP contribution in [0.2, 0.25) is 0 Å². The third-order valence-corrected chi connectivity index (χ3v) is 1.36. The van der Waals surface area contributed by atoms with Crippen molar-refractivity contribution in [3.05, 3.63) is 30.4 Å². The van der Waals surface area contributed by atoms with E-state index in [4.69, 9.17) is 4.74 Å². The topological polar surface area (TPSA) is 35.0 Å². The van der Waals surface area contributed by atoms with Gasteiger partial charge < -0.3 is 4.74 Å². The molecule has 2 rings (SSSR count). The second-order valence-corrected chi connectivity index (χ2v) is 2.05. The maximum atomic E-state index is 5.09. The van der Waals surface area contributed by atoms with Crippen LogP contribution in [0.5, 0.6) is 5.88 Å². The lowest BCUT2D eigenvalue weighted by molar-refractivity contribution is 0.443. The number of allylic oxidation sites excluding steroid dienone is 1. The predicted octanol–water partition coefficient (Wildman–Crippen LogP) is 0.925. The van der Waals surface area contributed by atoms with Gasteiger partial charge in [-0.2, -0.15) is 0 Å². The molecule has 0 saturated carbocycles. The van der Waals surface area contributed by atoms with E-state index in [9.17, 15) is 0 Å². The standard InChI is InChI=1S/C7H6N2O/c1-2-6-4-8-5-9-7(6)10-3-1/h1,3-5H,2H2. The molecule has 0 aromatic carbocycles. The molecule has 3 heteroatoms. The number of hydrogen-bond donors (Lipinski definition) is 0. The quantitative estimate of drug-likeness (QED) is 0.529. The van der Waals surface area contributed by atoms with Crippen molar-refractivity contribution in [2.75, 3.05) is 0 Å². The highest BCUT2D eigenvalue weighted by molar-refractivity contribution is 5.27. The van der Waals surface area contributed by atoms with Crippen molar-refractivity contribution >= 4 is 0 Å². The Labute approximate surface area is 58.4 Å². The second-order valence-electron chi connectivity index (χ2n) is 2.05. The molecule has 1 aromatic rings. The van der Waals surface area contributed by atoms with Crippen LogP contribution in [0.25, 0.3) is 0 Å². The SMILES string of the molecule is C1=COc2ncncc2C1. The number of aromatic nitrogens is 2. The molecule has 3 nitrogen and oxygen atoms in total. The molecule has 0 N–H and O–H groups in total. The van der Waals surface area contributed by atoms with Crippen LogP contribution in [0, 0.1) is 0 Å². The number of nitrogens with zero attached hydrogens (tertiary/aromatic N) is 2. The fourth-order valence-electron chi connectivity index (χ4n) is 0.881. The van der Waals surface area contributed by atoms with E-state index >= 15 is 0 Å². The Morgan fingerprint density at radius 2 is 2.50 bits per heavy atom. The largest absolute Gasteiger partial charge is 0.447 e. The summed E-state index contributed by atoms with van der Waals surface area (Å²) < 4.78 is 5.09. The highest BCUT2D eigenvalue weighted by atomic mass is 16.5. The predicted molar refractivity (Wildman–Crippen MR) is 35.5 cm³/mol. The van der Waals surface area contributed by atoms with Gasteiger partial charge >= 0.3 is 0 Å². The molecule has 50 valence electrons. The summed E-state index contributed by atoms with van der Waals surface area (Å²) in [5.41, 5.74) is 1.05. The zero-order chi connectivity index (χ0) is 6.81. The van der Waals surface area contributed by atoms with Gasteiger partial charge in [0.05, 0.1) is 6.26 Å². The van der Waals surface area contributed by atoms with E-state index in [1.54, 1.807) is 12.5 Å². The van der Waals surface area contributed by atoms with Crippen LogP contribution in [-0.2, 0) is 6.42 Å². The van der Waals surface area contributed by atoms with Gasteiger partial charge in [-0.1, -0.05) is 0 Å². The Morgan fingerprint density at radius 1 is 1.50 bits per heavy atom. The van der Waals surface area contributed by atoms with E-state index in [1.165, 1.54) is 6.33 Å². The Bertz CT molecular complexity index is 243. The summed E-state index contributed by atoms with van der Waals surface area (Å²) in [4.78, 5) is 7.81. The maximum absolute atomic E-state index is 5.09.